The molecule has 0 radical (unpaired) electrons. The van der Waals surface area contributed by atoms with Gasteiger partial charge in [0.1, 0.15) is 10.7 Å². The van der Waals surface area contributed by atoms with Gasteiger partial charge in [0, 0.05) is 16.9 Å². The zero-order valence-corrected chi connectivity index (χ0v) is 18.9. The van der Waals surface area contributed by atoms with E-state index < -0.39 is 29.5 Å². The van der Waals surface area contributed by atoms with Gasteiger partial charge in [-0.15, -0.1) is 0 Å². The molecule has 4 rings (SSSR count). The number of anilines is 3. The molecule has 0 aliphatic carbocycles. The fourth-order valence-corrected chi connectivity index (χ4v) is 3.61. The van der Waals surface area contributed by atoms with Crippen LogP contribution >= 0.6 is 11.6 Å². The van der Waals surface area contributed by atoms with Gasteiger partial charge in [-0.3, -0.25) is 14.4 Å². The van der Waals surface area contributed by atoms with E-state index in [2.05, 4.69) is 10.6 Å². The second-order valence-electron chi connectivity index (χ2n) is 7.71. The third-order valence-corrected chi connectivity index (χ3v) is 5.51. The molecule has 0 saturated heterocycles. The van der Waals surface area contributed by atoms with E-state index in [4.69, 9.17) is 11.6 Å². The van der Waals surface area contributed by atoms with Gasteiger partial charge in [-0.2, -0.15) is 13.2 Å². The number of hydrogen-bond acceptors (Lipinski definition) is 4. The molecule has 1 aliphatic heterocycles. The monoisotopic (exact) mass is 499 g/mol. The predicted octanol–water partition coefficient (Wildman–Crippen LogP) is 5.70. The Morgan fingerprint density at radius 2 is 1.54 bits per heavy atom. The first kappa shape index (κ1) is 24.0. The molecule has 35 heavy (non-hydrogen) atoms. The van der Waals surface area contributed by atoms with Crippen LogP contribution in [0.2, 0.25) is 0 Å². The van der Waals surface area contributed by atoms with Crippen LogP contribution in [0.5, 0.6) is 0 Å². The van der Waals surface area contributed by atoms with Gasteiger partial charge in [0.2, 0.25) is 0 Å². The van der Waals surface area contributed by atoms with Crippen LogP contribution in [-0.2, 0) is 15.8 Å². The summed E-state index contributed by atoms with van der Waals surface area (Å²) in [6, 6.07) is 16.9. The lowest BCUT2D eigenvalue weighted by atomic mass is 10.1. The summed E-state index contributed by atoms with van der Waals surface area (Å²) in [6.07, 6.45) is -4.55. The van der Waals surface area contributed by atoms with Crippen LogP contribution in [-0.4, -0.2) is 17.7 Å². The Morgan fingerprint density at radius 1 is 0.886 bits per heavy atom. The first-order chi connectivity index (χ1) is 16.5. The SMILES string of the molecule is Cc1ccc(N2C(=O)C(Cl)=C(Nc3cccc(C(=O)Nc4cccc(C(F)(F)F)c4)c3)C2=O)cc1. The predicted molar refractivity (Wildman–Crippen MR) is 126 cm³/mol. The average Bonchev–Trinajstić information content (AvgIpc) is 3.03. The highest BCUT2D eigenvalue weighted by molar-refractivity contribution is 6.53. The number of nitrogens with one attached hydrogen (secondary N) is 2. The van der Waals surface area contributed by atoms with Crippen molar-refractivity contribution in [1.29, 1.82) is 0 Å². The van der Waals surface area contributed by atoms with Gasteiger partial charge in [0.25, 0.3) is 17.7 Å². The quantitative estimate of drug-likeness (QED) is 0.441. The van der Waals surface area contributed by atoms with Crippen LogP contribution in [0.4, 0.5) is 30.2 Å². The highest BCUT2D eigenvalue weighted by atomic mass is 35.5. The molecule has 3 amide bonds. The lowest BCUT2D eigenvalue weighted by molar-refractivity contribution is -0.137. The van der Waals surface area contributed by atoms with Crippen molar-refractivity contribution in [2.24, 2.45) is 0 Å². The zero-order valence-electron chi connectivity index (χ0n) is 18.1. The van der Waals surface area contributed by atoms with Crippen molar-refractivity contribution >= 4 is 46.4 Å². The summed E-state index contributed by atoms with van der Waals surface area (Å²) in [5.74, 6) is -2.02. The summed E-state index contributed by atoms with van der Waals surface area (Å²) in [5.41, 5.74) is 0.611. The van der Waals surface area contributed by atoms with Crippen molar-refractivity contribution in [3.8, 4) is 0 Å². The van der Waals surface area contributed by atoms with Crippen LogP contribution in [0.1, 0.15) is 21.5 Å². The van der Waals surface area contributed by atoms with Gasteiger partial charge in [-0.1, -0.05) is 41.4 Å². The van der Waals surface area contributed by atoms with E-state index in [9.17, 15) is 27.6 Å². The van der Waals surface area contributed by atoms with Gasteiger partial charge in [0.15, 0.2) is 0 Å². The first-order valence-electron chi connectivity index (χ1n) is 10.3. The molecule has 178 valence electrons. The van der Waals surface area contributed by atoms with Gasteiger partial charge in [-0.05, 0) is 55.5 Å². The Labute approximate surface area is 203 Å². The summed E-state index contributed by atoms with van der Waals surface area (Å²) in [5, 5.41) is 4.88. The molecule has 0 atom stereocenters. The highest BCUT2D eigenvalue weighted by Crippen LogP contribution is 2.32. The lowest BCUT2D eigenvalue weighted by Gasteiger charge is -2.15. The molecular formula is C25H17ClF3N3O3. The third-order valence-electron chi connectivity index (χ3n) is 5.16. The Kier molecular flexibility index (Phi) is 6.36. The summed E-state index contributed by atoms with van der Waals surface area (Å²) in [4.78, 5) is 39.1. The Hall–Kier alpha value is -4.11. The second-order valence-corrected chi connectivity index (χ2v) is 8.09. The number of halogens is 4. The maximum Gasteiger partial charge on any atom is 0.416 e. The summed E-state index contributed by atoms with van der Waals surface area (Å²) >= 11 is 6.14. The number of imide groups is 1. The average molecular weight is 500 g/mol. The molecule has 0 aromatic heterocycles. The van der Waals surface area contributed by atoms with E-state index in [1.165, 1.54) is 30.3 Å². The molecule has 2 N–H and O–H groups in total. The molecule has 0 spiro atoms. The molecule has 10 heteroatoms. The normalized spacial score (nSPS) is 13.9. The van der Waals surface area contributed by atoms with E-state index in [0.29, 0.717) is 5.69 Å². The Balaban J connectivity index is 1.52. The topological polar surface area (TPSA) is 78.5 Å². The number of benzene rings is 3. The molecule has 0 fully saturated rings. The van der Waals surface area contributed by atoms with Crippen molar-refractivity contribution in [3.05, 3.63) is 100 Å². The number of alkyl halides is 3. The number of carbonyl (C=O) groups is 3. The molecule has 6 nitrogen and oxygen atoms in total. The van der Waals surface area contributed by atoms with Gasteiger partial charge in [-0.25, -0.2) is 4.90 Å². The number of amides is 3. The number of rotatable bonds is 5. The second kappa shape index (κ2) is 9.27. The molecule has 3 aromatic rings. The van der Waals surface area contributed by atoms with Gasteiger partial charge >= 0.3 is 6.18 Å². The Bertz CT molecular complexity index is 1370. The summed E-state index contributed by atoms with van der Waals surface area (Å²) in [6.45, 7) is 1.87. The Morgan fingerprint density at radius 3 is 2.23 bits per heavy atom. The molecular weight excluding hydrogens is 483 g/mol. The number of carbonyl (C=O) groups excluding carboxylic acids is 3. The van der Waals surface area contributed by atoms with E-state index in [-0.39, 0.29) is 27.7 Å². The largest absolute Gasteiger partial charge is 0.416 e. The molecule has 1 aliphatic rings. The number of aryl methyl sites for hydroxylation is 1. The van der Waals surface area contributed by atoms with E-state index in [0.717, 1.165) is 22.6 Å². The van der Waals surface area contributed by atoms with E-state index >= 15 is 0 Å². The van der Waals surface area contributed by atoms with Crippen molar-refractivity contribution in [1.82, 2.24) is 0 Å². The fourth-order valence-electron chi connectivity index (χ4n) is 3.40. The summed E-state index contributed by atoms with van der Waals surface area (Å²) < 4.78 is 38.8. The van der Waals surface area contributed by atoms with E-state index in [1.807, 2.05) is 6.92 Å². The molecule has 0 bridgehead atoms. The lowest BCUT2D eigenvalue weighted by Crippen LogP contribution is -2.32. The molecule has 0 unspecified atom stereocenters. The molecule has 0 saturated carbocycles. The standard InChI is InChI=1S/C25H17ClF3N3O3/c1-14-8-10-19(11-9-14)32-23(34)20(26)21(24(32)35)30-17-6-2-4-15(12-17)22(33)31-18-7-3-5-16(13-18)25(27,28)29/h2-13,30H,1H3,(H,31,33). The van der Waals surface area contributed by atoms with Crippen molar-refractivity contribution in [3.63, 3.8) is 0 Å². The van der Waals surface area contributed by atoms with Gasteiger partial charge < -0.3 is 10.6 Å². The van der Waals surface area contributed by atoms with Crippen LogP contribution in [0, 0.1) is 6.92 Å². The van der Waals surface area contributed by atoms with Crippen molar-refractivity contribution < 1.29 is 27.6 Å². The minimum Gasteiger partial charge on any atom is -0.350 e. The van der Waals surface area contributed by atoms with Crippen LogP contribution in [0.15, 0.2) is 83.5 Å². The van der Waals surface area contributed by atoms with E-state index in [1.54, 1.807) is 30.3 Å². The maximum absolute atomic E-state index is 12.9. The molecule has 3 aromatic carbocycles. The molecule has 1 heterocycles. The van der Waals surface area contributed by atoms with Crippen LogP contribution < -0.4 is 15.5 Å². The highest BCUT2D eigenvalue weighted by Gasteiger charge is 2.39. The smallest absolute Gasteiger partial charge is 0.350 e. The first-order valence-corrected chi connectivity index (χ1v) is 10.6. The van der Waals surface area contributed by atoms with Crippen molar-refractivity contribution in [2.45, 2.75) is 13.1 Å². The van der Waals surface area contributed by atoms with Crippen LogP contribution in [0.3, 0.4) is 0 Å². The zero-order chi connectivity index (χ0) is 25.3. The van der Waals surface area contributed by atoms with Crippen molar-refractivity contribution in [2.75, 3.05) is 15.5 Å². The third kappa shape index (κ3) is 5.04. The minimum atomic E-state index is -4.55. The summed E-state index contributed by atoms with van der Waals surface area (Å²) in [7, 11) is 0. The van der Waals surface area contributed by atoms with Crippen LogP contribution in [0.25, 0.3) is 0 Å². The fraction of sp³-hybridized carbons (Fsp3) is 0.0800. The number of nitrogens with zero attached hydrogens (tertiary/aromatic N) is 1. The van der Waals surface area contributed by atoms with Gasteiger partial charge in [0.05, 0.1) is 11.3 Å². The number of hydrogen-bond donors (Lipinski definition) is 2. The maximum atomic E-state index is 12.9. The minimum absolute atomic E-state index is 0.0285.